The Balaban J connectivity index is 2.10. The molecule has 5 heteroatoms. The smallest absolute Gasteiger partial charge is 0.311 e. The number of methoxy groups -OCH3 is 1. The van der Waals surface area contributed by atoms with Crippen LogP contribution < -0.4 is 10.1 Å². The third-order valence-electron chi connectivity index (χ3n) is 2.99. The summed E-state index contributed by atoms with van der Waals surface area (Å²) in [6.45, 7) is 2.69. The number of anilines is 1. The average molecular weight is 272 g/mol. The summed E-state index contributed by atoms with van der Waals surface area (Å²) in [6, 6.07) is 12.9. The molecular weight excluding hydrogens is 256 g/mol. The van der Waals surface area contributed by atoms with Gasteiger partial charge in [0.2, 0.25) is 0 Å². The summed E-state index contributed by atoms with van der Waals surface area (Å²) in [6.07, 6.45) is 0. The number of rotatable bonds is 5. The van der Waals surface area contributed by atoms with Crippen molar-refractivity contribution in [1.29, 1.82) is 0 Å². The molecule has 2 rings (SSSR count). The number of ether oxygens (including phenoxy) is 1. The Morgan fingerprint density at radius 1 is 1.20 bits per heavy atom. The molecule has 2 aromatic rings. The molecule has 104 valence electrons. The number of hydrogen-bond donors (Lipinski definition) is 1. The summed E-state index contributed by atoms with van der Waals surface area (Å²) < 4.78 is 5.03. The molecular formula is C15H16N2O3. The quantitative estimate of drug-likeness (QED) is 0.668. The first-order valence-electron chi connectivity index (χ1n) is 6.22. The Morgan fingerprint density at radius 2 is 1.90 bits per heavy atom. The predicted molar refractivity (Wildman–Crippen MR) is 78.2 cm³/mol. The lowest BCUT2D eigenvalue weighted by molar-refractivity contribution is -0.385. The molecule has 0 radical (unpaired) electrons. The highest BCUT2D eigenvalue weighted by atomic mass is 16.6. The molecule has 1 N–H and O–H groups in total. The van der Waals surface area contributed by atoms with Crippen molar-refractivity contribution in [3.05, 3.63) is 63.7 Å². The van der Waals surface area contributed by atoms with Crippen molar-refractivity contribution in [2.75, 3.05) is 12.4 Å². The highest BCUT2D eigenvalue weighted by molar-refractivity contribution is 5.58. The van der Waals surface area contributed by atoms with Gasteiger partial charge >= 0.3 is 5.69 Å². The van der Waals surface area contributed by atoms with E-state index in [1.165, 1.54) is 18.7 Å². The maximum absolute atomic E-state index is 10.8. The molecule has 0 saturated carbocycles. The molecule has 0 aliphatic heterocycles. The molecule has 0 spiro atoms. The maximum atomic E-state index is 10.8. The Morgan fingerprint density at radius 3 is 2.50 bits per heavy atom. The van der Waals surface area contributed by atoms with Crippen molar-refractivity contribution in [3.8, 4) is 5.75 Å². The van der Waals surface area contributed by atoms with E-state index in [0.29, 0.717) is 6.54 Å². The highest BCUT2D eigenvalue weighted by Crippen LogP contribution is 2.29. The number of aryl methyl sites for hydroxylation is 1. The average Bonchev–Trinajstić information content (AvgIpc) is 2.46. The Labute approximate surface area is 117 Å². The van der Waals surface area contributed by atoms with Crippen LogP contribution in [0, 0.1) is 17.0 Å². The fourth-order valence-electron chi connectivity index (χ4n) is 1.85. The van der Waals surface area contributed by atoms with Crippen LogP contribution in [0.15, 0.2) is 42.5 Å². The van der Waals surface area contributed by atoms with E-state index >= 15 is 0 Å². The van der Waals surface area contributed by atoms with Gasteiger partial charge in [0.1, 0.15) is 0 Å². The third kappa shape index (κ3) is 3.26. The number of nitro benzene ring substituents is 1. The second-order valence-electron chi connectivity index (χ2n) is 4.48. The Kier molecular flexibility index (Phi) is 4.20. The zero-order chi connectivity index (χ0) is 14.5. The van der Waals surface area contributed by atoms with Gasteiger partial charge in [-0.2, -0.15) is 0 Å². The van der Waals surface area contributed by atoms with Crippen LogP contribution in [-0.2, 0) is 6.54 Å². The van der Waals surface area contributed by atoms with Gasteiger partial charge in [0.25, 0.3) is 0 Å². The Bertz CT molecular complexity index is 609. The van der Waals surface area contributed by atoms with E-state index < -0.39 is 4.92 Å². The van der Waals surface area contributed by atoms with E-state index in [2.05, 4.69) is 5.32 Å². The van der Waals surface area contributed by atoms with E-state index in [4.69, 9.17) is 4.74 Å². The van der Waals surface area contributed by atoms with Crippen molar-refractivity contribution in [2.45, 2.75) is 13.5 Å². The molecule has 0 aliphatic carbocycles. The third-order valence-corrected chi connectivity index (χ3v) is 2.99. The van der Waals surface area contributed by atoms with Crippen LogP contribution in [0.1, 0.15) is 11.1 Å². The molecule has 0 aromatic heterocycles. The van der Waals surface area contributed by atoms with Gasteiger partial charge in [-0.15, -0.1) is 0 Å². The van der Waals surface area contributed by atoms with Crippen LogP contribution in [-0.4, -0.2) is 12.0 Å². The fraction of sp³-hybridized carbons (Fsp3) is 0.200. The van der Waals surface area contributed by atoms with Gasteiger partial charge in [-0.3, -0.25) is 10.1 Å². The number of nitrogens with zero attached hydrogens (tertiary/aromatic N) is 1. The molecule has 0 unspecified atom stereocenters. The minimum absolute atomic E-state index is 0.0339. The number of benzene rings is 2. The molecule has 0 atom stereocenters. The highest BCUT2D eigenvalue weighted by Gasteiger charge is 2.14. The second-order valence-corrected chi connectivity index (χ2v) is 4.48. The van der Waals surface area contributed by atoms with Gasteiger partial charge in [0, 0.05) is 24.4 Å². The van der Waals surface area contributed by atoms with Gasteiger partial charge in [0.15, 0.2) is 5.75 Å². The van der Waals surface area contributed by atoms with E-state index in [1.54, 1.807) is 12.1 Å². The van der Waals surface area contributed by atoms with Gasteiger partial charge in [-0.05, 0) is 18.6 Å². The standard InChI is InChI=1S/C15H16N2O3/c1-11-3-5-12(6-4-11)10-16-13-7-8-14(17(18)19)15(9-13)20-2/h3-9,16H,10H2,1-2H3. The lowest BCUT2D eigenvalue weighted by Crippen LogP contribution is -2.01. The Hall–Kier alpha value is -2.56. The molecule has 0 amide bonds. The van der Waals surface area contributed by atoms with E-state index in [-0.39, 0.29) is 11.4 Å². The first-order chi connectivity index (χ1) is 9.60. The summed E-state index contributed by atoms with van der Waals surface area (Å²) in [5, 5.41) is 14.0. The van der Waals surface area contributed by atoms with Crippen LogP contribution in [0.3, 0.4) is 0 Å². The van der Waals surface area contributed by atoms with Gasteiger partial charge < -0.3 is 10.1 Å². The fourth-order valence-corrected chi connectivity index (χ4v) is 1.85. The van der Waals surface area contributed by atoms with Crippen LogP contribution in [0.5, 0.6) is 5.75 Å². The van der Waals surface area contributed by atoms with Crippen molar-refractivity contribution in [1.82, 2.24) is 0 Å². The summed E-state index contributed by atoms with van der Waals surface area (Å²) in [4.78, 5) is 10.4. The van der Waals surface area contributed by atoms with Crippen molar-refractivity contribution in [3.63, 3.8) is 0 Å². The van der Waals surface area contributed by atoms with Crippen LogP contribution in [0.25, 0.3) is 0 Å². The van der Waals surface area contributed by atoms with Crippen LogP contribution in [0.2, 0.25) is 0 Å². The minimum Gasteiger partial charge on any atom is -0.490 e. The monoisotopic (exact) mass is 272 g/mol. The number of hydrogen-bond acceptors (Lipinski definition) is 4. The van der Waals surface area contributed by atoms with Crippen molar-refractivity contribution >= 4 is 11.4 Å². The molecule has 0 bridgehead atoms. The van der Waals surface area contributed by atoms with Crippen LogP contribution in [0.4, 0.5) is 11.4 Å². The second kappa shape index (κ2) is 6.06. The first kappa shape index (κ1) is 13.9. The number of nitro groups is 1. The van der Waals surface area contributed by atoms with Crippen molar-refractivity contribution < 1.29 is 9.66 Å². The van der Waals surface area contributed by atoms with Crippen molar-refractivity contribution in [2.24, 2.45) is 0 Å². The van der Waals surface area contributed by atoms with Gasteiger partial charge in [-0.1, -0.05) is 29.8 Å². The summed E-state index contributed by atoms with van der Waals surface area (Å²) in [7, 11) is 1.42. The molecule has 20 heavy (non-hydrogen) atoms. The molecule has 0 saturated heterocycles. The molecule has 5 nitrogen and oxygen atoms in total. The molecule has 2 aromatic carbocycles. The molecule has 0 heterocycles. The predicted octanol–water partition coefficient (Wildman–Crippen LogP) is 3.52. The largest absolute Gasteiger partial charge is 0.490 e. The van der Waals surface area contributed by atoms with E-state index in [1.807, 2.05) is 31.2 Å². The first-order valence-corrected chi connectivity index (χ1v) is 6.22. The maximum Gasteiger partial charge on any atom is 0.311 e. The number of nitrogens with one attached hydrogen (secondary N) is 1. The van der Waals surface area contributed by atoms with E-state index in [0.717, 1.165) is 11.3 Å². The minimum atomic E-state index is -0.456. The zero-order valence-electron chi connectivity index (χ0n) is 11.4. The topological polar surface area (TPSA) is 64.4 Å². The molecule has 0 aliphatic rings. The van der Waals surface area contributed by atoms with Crippen LogP contribution >= 0.6 is 0 Å². The summed E-state index contributed by atoms with van der Waals surface area (Å²) in [5.74, 6) is 0.254. The SMILES string of the molecule is COc1cc(NCc2ccc(C)cc2)ccc1[N+](=O)[O-]. The van der Waals surface area contributed by atoms with Gasteiger partial charge in [-0.25, -0.2) is 0 Å². The summed E-state index contributed by atoms with van der Waals surface area (Å²) >= 11 is 0. The lowest BCUT2D eigenvalue weighted by Gasteiger charge is -2.09. The summed E-state index contributed by atoms with van der Waals surface area (Å²) in [5.41, 5.74) is 3.11. The van der Waals surface area contributed by atoms with Gasteiger partial charge in [0.05, 0.1) is 12.0 Å². The molecule has 0 fully saturated rings. The normalized spacial score (nSPS) is 10.1. The van der Waals surface area contributed by atoms with E-state index in [9.17, 15) is 10.1 Å². The zero-order valence-corrected chi connectivity index (χ0v) is 11.4. The lowest BCUT2D eigenvalue weighted by atomic mass is 10.1.